The minimum Gasteiger partial charge on any atom is -0.396 e. The van der Waals surface area contributed by atoms with Crippen LogP contribution in [0, 0.1) is 0 Å². The summed E-state index contributed by atoms with van der Waals surface area (Å²) in [6, 6.07) is 0. The maximum atomic E-state index is 10.8. The Labute approximate surface area is 238 Å². The summed E-state index contributed by atoms with van der Waals surface area (Å²) in [6.07, 6.45) is 41.5. The Kier molecular flexibility index (Phi) is 31.7. The molecule has 5 heteroatoms. The predicted octanol–water partition coefficient (Wildman–Crippen LogP) is 11.2. The summed E-state index contributed by atoms with van der Waals surface area (Å²) < 4.78 is 10.8. The Morgan fingerprint density at radius 3 is 0.605 bits per heavy atom. The van der Waals surface area contributed by atoms with Crippen LogP contribution in [-0.2, 0) is 4.57 Å². The van der Waals surface area contributed by atoms with Gasteiger partial charge in [-0.15, -0.1) is 0 Å². The molecule has 0 aromatic rings. The summed E-state index contributed by atoms with van der Waals surface area (Å²) in [5, 5.41) is 8.78. The molecule has 0 bridgehead atoms. The van der Waals surface area contributed by atoms with E-state index in [9.17, 15) is 4.57 Å². The van der Waals surface area contributed by atoms with Crippen LogP contribution in [0.15, 0.2) is 0 Å². The van der Waals surface area contributed by atoms with Crippen molar-refractivity contribution in [2.75, 3.05) is 12.8 Å². The molecule has 0 fully saturated rings. The Balaban J connectivity index is 3.04. The Bertz CT molecular complexity index is 480. The molecule has 0 spiro atoms. The van der Waals surface area contributed by atoms with Gasteiger partial charge in [-0.3, -0.25) is 4.57 Å². The topological polar surface area (TPSA) is 77.8 Å². The highest BCUT2D eigenvalue weighted by molar-refractivity contribution is 7.51. The molecule has 4 nitrogen and oxygen atoms in total. The fraction of sp³-hybridized carbons (Fsp3) is 1.00. The van der Waals surface area contributed by atoms with Crippen molar-refractivity contribution in [3.05, 3.63) is 0 Å². The SMILES string of the molecule is O=P(O)(O)CCCCCCCCCCCCCCCCCCCCCCCCCCCCCCCCCO. The molecule has 0 atom stereocenters. The van der Waals surface area contributed by atoms with Crippen LogP contribution >= 0.6 is 7.60 Å². The summed E-state index contributed by atoms with van der Waals surface area (Å²) in [5.41, 5.74) is 0. The van der Waals surface area contributed by atoms with Crippen molar-refractivity contribution < 1.29 is 19.5 Å². The molecule has 0 aliphatic heterocycles. The van der Waals surface area contributed by atoms with E-state index in [2.05, 4.69) is 0 Å². The first-order valence-corrected chi connectivity index (χ1v) is 19.0. The van der Waals surface area contributed by atoms with E-state index < -0.39 is 7.60 Å². The number of unbranched alkanes of at least 4 members (excludes halogenated alkanes) is 30. The molecule has 230 valence electrons. The zero-order valence-electron chi connectivity index (χ0n) is 25.5. The van der Waals surface area contributed by atoms with Gasteiger partial charge < -0.3 is 14.9 Å². The van der Waals surface area contributed by atoms with E-state index in [1.54, 1.807) is 0 Å². The van der Waals surface area contributed by atoms with E-state index in [0.717, 1.165) is 19.3 Å². The van der Waals surface area contributed by atoms with Crippen molar-refractivity contribution in [2.45, 2.75) is 199 Å². The molecule has 0 aromatic carbocycles. The monoisotopic (exact) mass is 560 g/mol. The maximum absolute atomic E-state index is 10.8. The Hall–Kier alpha value is 0.110. The Morgan fingerprint density at radius 1 is 0.289 bits per heavy atom. The molecule has 0 saturated heterocycles. The number of aliphatic hydroxyl groups excluding tert-OH is 1. The smallest absolute Gasteiger partial charge is 0.325 e. The highest BCUT2D eigenvalue weighted by Gasteiger charge is 2.10. The van der Waals surface area contributed by atoms with Gasteiger partial charge in [0.1, 0.15) is 0 Å². The van der Waals surface area contributed by atoms with E-state index in [-0.39, 0.29) is 6.16 Å². The van der Waals surface area contributed by atoms with Crippen LogP contribution in [0.1, 0.15) is 199 Å². The molecular weight excluding hydrogens is 491 g/mol. The van der Waals surface area contributed by atoms with Gasteiger partial charge in [-0.2, -0.15) is 0 Å². The van der Waals surface area contributed by atoms with E-state index in [1.165, 1.54) is 173 Å². The van der Waals surface area contributed by atoms with Crippen LogP contribution in [0.5, 0.6) is 0 Å². The first-order chi connectivity index (χ1) is 18.6. The second-order valence-corrected chi connectivity index (χ2v) is 13.8. The standard InChI is InChI=1S/C33H69O4P/c34-32-30-28-26-24-22-20-18-16-14-12-10-8-6-4-2-1-3-5-7-9-11-13-15-17-19-21-23-25-27-29-31-33-38(35,36)37/h34H,1-33H2,(H2,35,36,37). The van der Waals surface area contributed by atoms with Gasteiger partial charge in [0.2, 0.25) is 0 Å². The highest BCUT2D eigenvalue weighted by Crippen LogP contribution is 2.35. The fourth-order valence-corrected chi connectivity index (χ4v) is 6.19. The molecule has 3 N–H and O–H groups in total. The largest absolute Gasteiger partial charge is 0.396 e. The number of hydrogen-bond acceptors (Lipinski definition) is 2. The van der Waals surface area contributed by atoms with Crippen molar-refractivity contribution >= 4 is 7.60 Å². The molecule has 0 aliphatic rings. The van der Waals surface area contributed by atoms with Crippen molar-refractivity contribution in [3.63, 3.8) is 0 Å². The molecule has 0 heterocycles. The maximum Gasteiger partial charge on any atom is 0.325 e. The molecule has 0 aliphatic carbocycles. The van der Waals surface area contributed by atoms with E-state index >= 15 is 0 Å². The van der Waals surface area contributed by atoms with Crippen LogP contribution in [0.2, 0.25) is 0 Å². The summed E-state index contributed by atoms with van der Waals surface area (Å²) in [7, 11) is -3.77. The summed E-state index contributed by atoms with van der Waals surface area (Å²) in [4.78, 5) is 17.7. The van der Waals surface area contributed by atoms with Crippen LogP contribution in [-0.4, -0.2) is 27.7 Å². The van der Waals surface area contributed by atoms with Crippen LogP contribution in [0.4, 0.5) is 0 Å². The molecule has 0 amide bonds. The summed E-state index contributed by atoms with van der Waals surface area (Å²) >= 11 is 0. The van der Waals surface area contributed by atoms with Crippen molar-refractivity contribution in [3.8, 4) is 0 Å². The third kappa shape index (κ3) is 36.1. The average molecular weight is 561 g/mol. The van der Waals surface area contributed by atoms with Crippen LogP contribution in [0.25, 0.3) is 0 Å². The van der Waals surface area contributed by atoms with E-state index in [4.69, 9.17) is 14.9 Å². The van der Waals surface area contributed by atoms with Gasteiger partial charge in [0, 0.05) is 12.8 Å². The van der Waals surface area contributed by atoms with Crippen LogP contribution < -0.4 is 0 Å². The van der Waals surface area contributed by atoms with Gasteiger partial charge in [0.25, 0.3) is 0 Å². The number of rotatable bonds is 33. The summed E-state index contributed by atoms with van der Waals surface area (Å²) in [6.45, 7) is 0.364. The number of hydrogen-bond donors (Lipinski definition) is 3. The third-order valence-electron chi connectivity index (χ3n) is 8.11. The lowest BCUT2D eigenvalue weighted by molar-refractivity contribution is 0.282. The first kappa shape index (κ1) is 38.1. The van der Waals surface area contributed by atoms with Gasteiger partial charge in [0.05, 0.1) is 0 Å². The second kappa shape index (κ2) is 31.6. The minimum absolute atomic E-state index is 0.0586. The van der Waals surface area contributed by atoms with Gasteiger partial charge in [-0.05, 0) is 12.8 Å². The van der Waals surface area contributed by atoms with Crippen molar-refractivity contribution in [1.82, 2.24) is 0 Å². The second-order valence-electron chi connectivity index (χ2n) is 12.1. The molecule has 0 rings (SSSR count). The molecule has 0 saturated carbocycles. The lowest BCUT2D eigenvalue weighted by Crippen LogP contribution is -1.88. The van der Waals surface area contributed by atoms with Gasteiger partial charge in [0.15, 0.2) is 0 Å². The lowest BCUT2D eigenvalue weighted by Gasteiger charge is -2.05. The molecule has 0 unspecified atom stereocenters. The number of aliphatic hydroxyl groups is 1. The average Bonchev–Trinajstić information content (AvgIpc) is 2.88. The third-order valence-corrected chi connectivity index (χ3v) is 9.01. The minimum atomic E-state index is -3.77. The van der Waals surface area contributed by atoms with Crippen molar-refractivity contribution in [2.24, 2.45) is 0 Å². The van der Waals surface area contributed by atoms with Gasteiger partial charge in [-0.25, -0.2) is 0 Å². The van der Waals surface area contributed by atoms with Crippen LogP contribution in [0.3, 0.4) is 0 Å². The molecule has 0 radical (unpaired) electrons. The lowest BCUT2D eigenvalue weighted by atomic mass is 10.0. The van der Waals surface area contributed by atoms with Crippen molar-refractivity contribution in [1.29, 1.82) is 0 Å². The fourth-order valence-electron chi connectivity index (χ4n) is 5.56. The van der Waals surface area contributed by atoms with E-state index in [1.807, 2.05) is 0 Å². The first-order valence-electron chi connectivity index (χ1n) is 17.2. The predicted molar refractivity (Wildman–Crippen MR) is 167 cm³/mol. The Morgan fingerprint density at radius 2 is 0.447 bits per heavy atom. The molecular formula is C33H69O4P. The molecule has 38 heavy (non-hydrogen) atoms. The van der Waals surface area contributed by atoms with Gasteiger partial charge >= 0.3 is 7.60 Å². The highest BCUT2D eigenvalue weighted by atomic mass is 31.2. The normalized spacial score (nSPS) is 12.0. The molecule has 0 aromatic heterocycles. The zero-order chi connectivity index (χ0) is 27.8. The summed E-state index contributed by atoms with van der Waals surface area (Å²) in [5.74, 6) is 0. The van der Waals surface area contributed by atoms with E-state index in [0.29, 0.717) is 13.0 Å². The quantitative estimate of drug-likeness (QED) is 0.0551. The van der Waals surface area contributed by atoms with Gasteiger partial charge in [-0.1, -0.05) is 186 Å². The zero-order valence-corrected chi connectivity index (χ0v) is 26.4.